The number of amides is 1. The molecule has 1 aliphatic carbocycles. The fraction of sp³-hybridized carbons (Fsp3) is 0.941. The zero-order valence-electron chi connectivity index (χ0n) is 14.2. The SMILES string of the molecule is CC(C)(C)OC(=O)N1C2CCC1CC(NC1CCC(N)C1)C2. The summed E-state index contributed by atoms with van der Waals surface area (Å²) in [6.07, 6.45) is 7.66. The number of fused-ring (bicyclic) bond motifs is 2. The van der Waals surface area contributed by atoms with Gasteiger partial charge in [0.05, 0.1) is 0 Å². The van der Waals surface area contributed by atoms with E-state index in [1.807, 2.05) is 25.7 Å². The van der Waals surface area contributed by atoms with E-state index in [4.69, 9.17) is 10.5 Å². The molecule has 3 rings (SSSR count). The van der Waals surface area contributed by atoms with E-state index in [9.17, 15) is 4.79 Å². The largest absolute Gasteiger partial charge is 0.444 e. The topological polar surface area (TPSA) is 67.6 Å². The third-order valence-electron chi connectivity index (χ3n) is 5.28. The third kappa shape index (κ3) is 3.57. The van der Waals surface area contributed by atoms with Crippen LogP contribution in [-0.2, 0) is 4.74 Å². The van der Waals surface area contributed by atoms with E-state index in [1.165, 1.54) is 6.42 Å². The average molecular weight is 309 g/mol. The Morgan fingerprint density at radius 2 is 1.68 bits per heavy atom. The molecule has 4 unspecified atom stereocenters. The number of ether oxygens (including phenoxy) is 1. The number of carbonyl (C=O) groups is 1. The van der Waals surface area contributed by atoms with E-state index < -0.39 is 5.60 Å². The lowest BCUT2D eigenvalue weighted by atomic mass is 9.96. The lowest BCUT2D eigenvalue weighted by Crippen LogP contribution is -2.53. The highest BCUT2D eigenvalue weighted by Gasteiger charge is 2.45. The van der Waals surface area contributed by atoms with Crippen molar-refractivity contribution in [1.29, 1.82) is 0 Å². The number of nitrogens with one attached hydrogen (secondary N) is 1. The Morgan fingerprint density at radius 1 is 1.05 bits per heavy atom. The molecule has 126 valence electrons. The molecule has 1 saturated carbocycles. The highest BCUT2D eigenvalue weighted by molar-refractivity contribution is 5.69. The van der Waals surface area contributed by atoms with Crippen molar-refractivity contribution in [2.45, 2.75) is 102 Å². The molecule has 2 aliphatic heterocycles. The Bertz CT molecular complexity index is 407. The minimum Gasteiger partial charge on any atom is -0.444 e. The second-order valence-corrected chi connectivity index (χ2v) is 8.38. The van der Waals surface area contributed by atoms with Crippen LogP contribution in [0.3, 0.4) is 0 Å². The molecule has 4 atom stereocenters. The van der Waals surface area contributed by atoms with Crippen molar-refractivity contribution in [2.24, 2.45) is 5.73 Å². The predicted octanol–water partition coefficient (Wildman–Crippen LogP) is 2.39. The van der Waals surface area contributed by atoms with Crippen LogP contribution in [-0.4, -0.2) is 46.8 Å². The van der Waals surface area contributed by atoms with Crippen LogP contribution in [0.25, 0.3) is 0 Å². The minimum absolute atomic E-state index is 0.124. The van der Waals surface area contributed by atoms with Crippen LogP contribution in [0, 0.1) is 0 Å². The molecule has 5 nitrogen and oxygen atoms in total. The number of piperidine rings is 1. The van der Waals surface area contributed by atoms with E-state index in [0.717, 1.165) is 38.5 Å². The fourth-order valence-electron chi connectivity index (χ4n) is 4.43. The summed E-state index contributed by atoms with van der Waals surface area (Å²) in [5, 5.41) is 3.80. The number of hydrogen-bond acceptors (Lipinski definition) is 4. The molecule has 3 N–H and O–H groups in total. The summed E-state index contributed by atoms with van der Waals surface area (Å²) in [4.78, 5) is 14.5. The standard InChI is InChI=1S/C17H31N3O2/c1-17(2,3)22-16(21)20-14-6-7-15(20)10-13(9-14)19-12-5-4-11(18)8-12/h11-15,19H,4-10,18H2,1-3H3. The molecule has 3 fully saturated rings. The predicted molar refractivity (Wildman–Crippen MR) is 86.7 cm³/mol. The third-order valence-corrected chi connectivity index (χ3v) is 5.28. The Hall–Kier alpha value is -0.810. The molecule has 0 aromatic carbocycles. The van der Waals surface area contributed by atoms with Crippen molar-refractivity contribution < 1.29 is 9.53 Å². The van der Waals surface area contributed by atoms with Crippen molar-refractivity contribution in [2.75, 3.05) is 0 Å². The first-order chi connectivity index (χ1) is 10.3. The molecule has 0 aromatic heterocycles. The van der Waals surface area contributed by atoms with Gasteiger partial charge in [-0.2, -0.15) is 0 Å². The van der Waals surface area contributed by atoms with E-state index in [-0.39, 0.29) is 6.09 Å². The molecule has 3 aliphatic rings. The molecular weight excluding hydrogens is 278 g/mol. The monoisotopic (exact) mass is 309 g/mol. The first-order valence-electron chi connectivity index (χ1n) is 8.85. The van der Waals surface area contributed by atoms with Crippen molar-refractivity contribution in [3.63, 3.8) is 0 Å². The molecule has 0 radical (unpaired) electrons. The zero-order valence-corrected chi connectivity index (χ0v) is 14.2. The normalized spacial score (nSPS) is 38.4. The Balaban J connectivity index is 1.56. The first-order valence-corrected chi connectivity index (χ1v) is 8.85. The number of hydrogen-bond donors (Lipinski definition) is 2. The molecule has 2 saturated heterocycles. The van der Waals surface area contributed by atoms with E-state index in [0.29, 0.717) is 30.2 Å². The van der Waals surface area contributed by atoms with Crippen LogP contribution in [0.2, 0.25) is 0 Å². The summed E-state index contributed by atoms with van der Waals surface area (Å²) in [6, 6.07) is 2.18. The van der Waals surface area contributed by atoms with Crippen molar-refractivity contribution in [3.05, 3.63) is 0 Å². The van der Waals surface area contributed by atoms with Crippen molar-refractivity contribution in [3.8, 4) is 0 Å². The summed E-state index contributed by atoms with van der Waals surface area (Å²) < 4.78 is 5.59. The van der Waals surface area contributed by atoms with Gasteiger partial charge in [0.2, 0.25) is 0 Å². The molecule has 0 aromatic rings. The van der Waals surface area contributed by atoms with Crippen molar-refractivity contribution in [1.82, 2.24) is 10.2 Å². The van der Waals surface area contributed by atoms with Gasteiger partial charge in [-0.1, -0.05) is 0 Å². The smallest absolute Gasteiger partial charge is 0.410 e. The van der Waals surface area contributed by atoms with Gasteiger partial charge >= 0.3 is 6.09 Å². The lowest BCUT2D eigenvalue weighted by molar-refractivity contribution is 0.00431. The van der Waals surface area contributed by atoms with Gasteiger partial charge < -0.3 is 20.7 Å². The Kier molecular flexibility index (Phi) is 4.38. The van der Waals surface area contributed by atoms with Gasteiger partial charge in [-0.3, -0.25) is 0 Å². The molecule has 2 heterocycles. The second kappa shape index (κ2) is 6.00. The van der Waals surface area contributed by atoms with Crippen LogP contribution in [0.4, 0.5) is 4.79 Å². The van der Waals surface area contributed by atoms with Gasteiger partial charge in [0, 0.05) is 30.2 Å². The summed E-state index contributed by atoms with van der Waals surface area (Å²) in [5.74, 6) is 0. The van der Waals surface area contributed by atoms with Crippen LogP contribution in [0.1, 0.15) is 65.7 Å². The van der Waals surface area contributed by atoms with Gasteiger partial charge in [-0.25, -0.2) is 4.79 Å². The van der Waals surface area contributed by atoms with E-state index in [1.54, 1.807) is 0 Å². The number of nitrogens with zero attached hydrogens (tertiary/aromatic N) is 1. The van der Waals surface area contributed by atoms with Crippen LogP contribution in [0.5, 0.6) is 0 Å². The van der Waals surface area contributed by atoms with Gasteiger partial charge in [-0.05, 0) is 65.7 Å². The summed E-state index contributed by atoms with van der Waals surface area (Å²) in [6.45, 7) is 5.80. The van der Waals surface area contributed by atoms with E-state index >= 15 is 0 Å². The summed E-state index contributed by atoms with van der Waals surface area (Å²) >= 11 is 0. The highest BCUT2D eigenvalue weighted by atomic mass is 16.6. The summed E-state index contributed by atoms with van der Waals surface area (Å²) in [7, 11) is 0. The van der Waals surface area contributed by atoms with Crippen LogP contribution in [0.15, 0.2) is 0 Å². The van der Waals surface area contributed by atoms with Gasteiger partial charge in [0.15, 0.2) is 0 Å². The molecule has 5 heteroatoms. The number of nitrogens with two attached hydrogens (primary N) is 1. The molecule has 22 heavy (non-hydrogen) atoms. The molecule has 1 amide bonds. The van der Waals surface area contributed by atoms with Crippen LogP contribution >= 0.6 is 0 Å². The highest BCUT2D eigenvalue weighted by Crippen LogP contribution is 2.37. The number of carbonyl (C=O) groups excluding carboxylic acids is 1. The molecule has 0 spiro atoms. The Morgan fingerprint density at radius 3 is 2.18 bits per heavy atom. The van der Waals surface area contributed by atoms with Gasteiger partial charge in [0.25, 0.3) is 0 Å². The quantitative estimate of drug-likeness (QED) is 0.822. The van der Waals surface area contributed by atoms with E-state index in [2.05, 4.69) is 5.32 Å². The Labute approximate surface area is 133 Å². The van der Waals surface area contributed by atoms with Crippen LogP contribution < -0.4 is 11.1 Å². The zero-order chi connectivity index (χ0) is 15.9. The molecular formula is C17H31N3O2. The van der Waals surface area contributed by atoms with Gasteiger partial charge in [0.1, 0.15) is 5.60 Å². The second-order valence-electron chi connectivity index (χ2n) is 8.38. The maximum atomic E-state index is 12.4. The average Bonchev–Trinajstić information content (AvgIpc) is 2.89. The lowest BCUT2D eigenvalue weighted by Gasteiger charge is -2.40. The number of rotatable bonds is 2. The maximum Gasteiger partial charge on any atom is 0.410 e. The molecule has 2 bridgehead atoms. The fourth-order valence-corrected chi connectivity index (χ4v) is 4.43. The minimum atomic E-state index is -0.411. The van der Waals surface area contributed by atoms with Crippen molar-refractivity contribution >= 4 is 6.09 Å². The maximum absolute atomic E-state index is 12.4. The summed E-state index contributed by atoms with van der Waals surface area (Å²) in [5.41, 5.74) is 5.60. The first kappa shape index (κ1) is 16.1. The van der Waals surface area contributed by atoms with Gasteiger partial charge in [-0.15, -0.1) is 0 Å².